The number of rotatable bonds is 5. The van der Waals surface area contributed by atoms with Crippen LogP contribution in [0.4, 0.5) is 0 Å². The molecule has 4 heteroatoms. The molecular formula is C20H24O3S. The average Bonchev–Trinajstić information content (AvgIpc) is 2.81. The summed E-state index contributed by atoms with van der Waals surface area (Å²) in [6.07, 6.45) is 10.3. The number of esters is 1. The Kier molecular flexibility index (Phi) is 6.85. The van der Waals surface area contributed by atoms with Crippen molar-refractivity contribution in [1.29, 1.82) is 0 Å². The van der Waals surface area contributed by atoms with Crippen LogP contribution in [0.25, 0.3) is 0 Å². The second-order valence-electron chi connectivity index (χ2n) is 6.13. The first kappa shape index (κ1) is 18.5. The molecule has 0 spiro atoms. The van der Waals surface area contributed by atoms with Crippen molar-refractivity contribution in [2.75, 3.05) is 0 Å². The minimum atomic E-state index is -0.995. The second kappa shape index (κ2) is 8.88. The van der Waals surface area contributed by atoms with E-state index in [1.54, 1.807) is 6.92 Å². The standard InChI is InChI=1S/C20H24O3S/c1-16(21)24-20(2,14-17-10-6-3-4-7-11-17)19(22)23-15-18-12-8-5-9-13-18/h5-6,8-10,12-14H,3-4,7,11,15H2,1-2H3/b17-14-/t20-/m1/s1. The number of benzene rings is 1. The first-order chi connectivity index (χ1) is 11.5. The zero-order chi connectivity index (χ0) is 17.4. The van der Waals surface area contributed by atoms with Crippen molar-refractivity contribution in [2.24, 2.45) is 0 Å². The monoisotopic (exact) mass is 344 g/mol. The van der Waals surface area contributed by atoms with Gasteiger partial charge >= 0.3 is 5.97 Å². The maximum absolute atomic E-state index is 12.7. The van der Waals surface area contributed by atoms with Gasteiger partial charge in [0.25, 0.3) is 0 Å². The van der Waals surface area contributed by atoms with Crippen LogP contribution in [-0.2, 0) is 20.9 Å². The molecule has 0 bridgehead atoms. The van der Waals surface area contributed by atoms with Gasteiger partial charge in [0.2, 0.25) is 0 Å². The van der Waals surface area contributed by atoms with Crippen molar-refractivity contribution >= 4 is 22.8 Å². The summed E-state index contributed by atoms with van der Waals surface area (Å²) < 4.78 is 4.49. The molecule has 0 heterocycles. The molecule has 0 radical (unpaired) electrons. The predicted molar refractivity (Wildman–Crippen MR) is 98.6 cm³/mol. The second-order valence-corrected chi connectivity index (χ2v) is 7.76. The highest BCUT2D eigenvalue weighted by Gasteiger charge is 2.35. The average molecular weight is 344 g/mol. The maximum Gasteiger partial charge on any atom is 0.326 e. The molecule has 0 saturated carbocycles. The number of ether oxygens (including phenoxy) is 1. The molecule has 1 aliphatic rings. The van der Waals surface area contributed by atoms with Crippen LogP contribution in [0.1, 0.15) is 45.1 Å². The van der Waals surface area contributed by atoms with E-state index < -0.39 is 4.75 Å². The fraction of sp³-hybridized carbons (Fsp3) is 0.400. The third kappa shape index (κ3) is 5.68. The van der Waals surface area contributed by atoms with Gasteiger partial charge in [-0.2, -0.15) is 0 Å². The third-order valence-corrected chi connectivity index (χ3v) is 4.85. The first-order valence-electron chi connectivity index (χ1n) is 8.28. The van der Waals surface area contributed by atoms with E-state index in [0.717, 1.165) is 48.6 Å². The maximum atomic E-state index is 12.7. The number of thioether (sulfide) groups is 1. The predicted octanol–water partition coefficient (Wildman–Crippen LogP) is 4.82. The van der Waals surface area contributed by atoms with E-state index in [1.165, 1.54) is 6.92 Å². The Hall–Kier alpha value is -1.81. The summed E-state index contributed by atoms with van der Waals surface area (Å²) in [6, 6.07) is 9.56. The van der Waals surface area contributed by atoms with E-state index in [2.05, 4.69) is 12.2 Å². The van der Waals surface area contributed by atoms with Gasteiger partial charge in [0.15, 0.2) is 5.12 Å². The summed E-state index contributed by atoms with van der Waals surface area (Å²) >= 11 is 1.02. The van der Waals surface area contributed by atoms with Gasteiger partial charge in [-0.25, -0.2) is 0 Å². The highest BCUT2D eigenvalue weighted by atomic mass is 32.2. The van der Waals surface area contributed by atoms with Crippen molar-refractivity contribution in [2.45, 2.75) is 50.9 Å². The highest BCUT2D eigenvalue weighted by molar-refractivity contribution is 8.15. The summed E-state index contributed by atoms with van der Waals surface area (Å²) in [7, 11) is 0. The van der Waals surface area contributed by atoms with Crippen LogP contribution >= 0.6 is 11.8 Å². The van der Waals surface area contributed by atoms with E-state index in [9.17, 15) is 9.59 Å². The lowest BCUT2D eigenvalue weighted by Crippen LogP contribution is -2.33. The van der Waals surface area contributed by atoms with Crippen LogP contribution < -0.4 is 0 Å². The molecule has 3 nitrogen and oxygen atoms in total. The van der Waals surface area contributed by atoms with E-state index in [-0.39, 0.29) is 17.7 Å². The molecule has 1 atom stereocenters. The van der Waals surface area contributed by atoms with Gasteiger partial charge < -0.3 is 4.74 Å². The van der Waals surface area contributed by atoms with Gasteiger partial charge in [0.05, 0.1) is 0 Å². The number of hydrogen-bond donors (Lipinski definition) is 0. The van der Waals surface area contributed by atoms with Crippen LogP contribution in [0.3, 0.4) is 0 Å². The molecule has 0 aliphatic heterocycles. The molecule has 1 aromatic rings. The van der Waals surface area contributed by atoms with Gasteiger partial charge in [-0.05, 0) is 38.2 Å². The number of hydrogen-bond acceptors (Lipinski definition) is 4. The number of allylic oxidation sites excluding steroid dienone is 3. The van der Waals surface area contributed by atoms with Crippen molar-refractivity contribution in [3.8, 4) is 0 Å². The van der Waals surface area contributed by atoms with E-state index in [1.807, 2.05) is 36.4 Å². The SMILES string of the molecule is CC(=O)S[C@](C)(/C=C1/C=CCCCC1)C(=O)OCc1ccccc1. The molecule has 24 heavy (non-hydrogen) atoms. The third-order valence-electron chi connectivity index (χ3n) is 3.85. The topological polar surface area (TPSA) is 43.4 Å². The Morgan fingerprint density at radius 3 is 2.71 bits per heavy atom. The van der Waals surface area contributed by atoms with Gasteiger partial charge in [-0.1, -0.05) is 65.9 Å². The van der Waals surface area contributed by atoms with Gasteiger partial charge in [-0.15, -0.1) is 0 Å². The molecule has 0 unspecified atom stereocenters. The van der Waals surface area contributed by atoms with Gasteiger partial charge in [0.1, 0.15) is 11.4 Å². The fourth-order valence-corrected chi connectivity index (χ4v) is 3.63. The lowest BCUT2D eigenvalue weighted by molar-refractivity contribution is -0.146. The molecular weight excluding hydrogens is 320 g/mol. The molecule has 128 valence electrons. The van der Waals surface area contributed by atoms with Crippen molar-refractivity contribution < 1.29 is 14.3 Å². The van der Waals surface area contributed by atoms with Crippen LogP contribution in [-0.4, -0.2) is 15.8 Å². The molecule has 1 aromatic carbocycles. The normalized spacial score (nSPS) is 18.7. The smallest absolute Gasteiger partial charge is 0.326 e. The summed E-state index contributed by atoms with van der Waals surface area (Å²) in [6.45, 7) is 3.46. The van der Waals surface area contributed by atoms with E-state index in [0.29, 0.717) is 0 Å². The molecule has 0 amide bonds. The van der Waals surface area contributed by atoms with Crippen LogP contribution in [0, 0.1) is 0 Å². The Bertz CT molecular complexity index is 634. The van der Waals surface area contributed by atoms with Crippen molar-refractivity contribution in [3.63, 3.8) is 0 Å². The summed E-state index contributed by atoms with van der Waals surface area (Å²) in [5, 5.41) is -0.0939. The Labute approximate surface area is 148 Å². The largest absolute Gasteiger partial charge is 0.460 e. The van der Waals surface area contributed by atoms with Crippen LogP contribution in [0.2, 0.25) is 0 Å². The zero-order valence-corrected chi connectivity index (χ0v) is 15.1. The minimum Gasteiger partial charge on any atom is -0.460 e. The molecule has 2 rings (SSSR count). The van der Waals surface area contributed by atoms with E-state index in [4.69, 9.17) is 4.74 Å². The molecule has 0 saturated heterocycles. The summed E-state index contributed by atoms with van der Waals surface area (Å²) in [4.78, 5) is 24.3. The molecule has 1 aliphatic carbocycles. The minimum absolute atomic E-state index is 0.0939. The van der Waals surface area contributed by atoms with Crippen LogP contribution in [0.15, 0.2) is 54.1 Å². The lowest BCUT2D eigenvalue weighted by atomic mass is 10.0. The van der Waals surface area contributed by atoms with E-state index >= 15 is 0 Å². The van der Waals surface area contributed by atoms with Gasteiger partial charge in [0, 0.05) is 6.92 Å². The summed E-state index contributed by atoms with van der Waals surface area (Å²) in [5.41, 5.74) is 2.03. The Morgan fingerprint density at radius 1 is 1.25 bits per heavy atom. The molecule has 0 N–H and O–H groups in total. The Balaban J connectivity index is 2.14. The molecule has 0 aromatic heterocycles. The first-order valence-corrected chi connectivity index (χ1v) is 9.10. The fourth-order valence-electron chi connectivity index (χ4n) is 2.68. The van der Waals surface area contributed by atoms with Gasteiger partial charge in [-0.3, -0.25) is 9.59 Å². The highest BCUT2D eigenvalue weighted by Crippen LogP contribution is 2.32. The zero-order valence-electron chi connectivity index (χ0n) is 14.3. The molecule has 0 fully saturated rings. The number of carbonyl (C=O) groups excluding carboxylic acids is 2. The number of carbonyl (C=O) groups is 2. The summed E-state index contributed by atoms with van der Waals surface area (Å²) in [5.74, 6) is -0.378. The lowest BCUT2D eigenvalue weighted by Gasteiger charge is -2.23. The Morgan fingerprint density at radius 2 is 2.00 bits per heavy atom. The quantitative estimate of drug-likeness (QED) is 0.718. The van der Waals surface area contributed by atoms with Crippen LogP contribution in [0.5, 0.6) is 0 Å². The van der Waals surface area contributed by atoms with Crippen molar-refractivity contribution in [3.05, 3.63) is 59.7 Å². The van der Waals surface area contributed by atoms with Crippen molar-refractivity contribution in [1.82, 2.24) is 0 Å².